The number of hydrogen-bond donors (Lipinski definition) is 1. The molecule has 2 amide bonds. The molecule has 0 unspecified atom stereocenters. The van der Waals surface area contributed by atoms with E-state index in [1.54, 1.807) is 6.92 Å². The lowest BCUT2D eigenvalue weighted by Gasteiger charge is -2.23. The fourth-order valence-electron chi connectivity index (χ4n) is 1.68. The lowest BCUT2D eigenvalue weighted by atomic mass is 10.1. The molecular weight excluding hydrogens is 296 g/mol. The Kier molecular flexibility index (Phi) is 4.03. The van der Waals surface area contributed by atoms with Crippen LogP contribution in [0.2, 0.25) is 0 Å². The van der Waals surface area contributed by atoms with Crippen LogP contribution in [0.5, 0.6) is 0 Å². The van der Waals surface area contributed by atoms with E-state index in [0.29, 0.717) is 11.3 Å². The Labute approximate surface area is 124 Å². The molecule has 21 heavy (non-hydrogen) atoms. The van der Waals surface area contributed by atoms with Crippen LogP contribution in [0, 0.1) is 10.1 Å². The molecule has 1 aromatic rings. The normalized spacial score (nSPS) is 16.0. The highest BCUT2D eigenvalue weighted by atomic mass is 32.1. The number of nitrogens with zero attached hydrogens (tertiary/aromatic N) is 3. The first-order chi connectivity index (χ1) is 9.88. The predicted molar refractivity (Wildman–Crippen MR) is 77.5 cm³/mol. The molecule has 0 bridgehead atoms. The predicted octanol–water partition coefficient (Wildman–Crippen LogP) is 0.952. The van der Waals surface area contributed by atoms with E-state index in [2.05, 4.69) is 10.4 Å². The number of nitrogens with one attached hydrogen (secondary N) is 1. The third-order valence-electron chi connectivity index (χ3n) is 2.73. The van der Waals surface area contributed by atoms with Crippen molar-refractivity contribution in [2.45, 2.75) is 13.3 Å². The summed E-state index contributed by atoms with van der Waals surface area (Å²) < 4.78 is 0. The zero-order chi connectivity index (χ0) is 15.6. The molecule has 1 saturated heterocycles. The molecule has 1 aliphatic heterocycles. The number of nitro benzene ring substituents is 1. The molecule has 1 fully saturated rings. The molecule has 0 aliphatic carbocycles. The lowest BCUT2D eigenvalue weighted by molar-refractivity contribution is -0.384. The minimum atomic E-state index is -0.523. The van der Waals surface area contributed by atoms with Gasteiger partial charge in [0.2, 0.25) is 11.0 Å². The van der Waals surface area contributed by atoms with Crippen LogP contribution < -0.4 is 5.32 Å². The maximum absolute atomic E-state index is 11.7. The highest BCUT2D eigenvalue weighted by Crippen LogP contribution is 2.13. The smallest absolute Gasteiger partial charge is 0.269 e. The minimum absolute atomic E-state index is 0.0385. The van der Waals surface area contributed by atoms with E-state index in [0.717, 1.165) is 5.01 Å². The highest BCUT2D eigenvalue weighted by Gasteiger charge is 2.28. The third kappa shape index (κ3) is 3.26. The van der Waals surface area contributed by atoms with Crippen LogP contribution in [0.4, 0.5) is 5.69 Å². The van der Waals surface area contributed by atoms with Gasteiger partial charge in [0, 0.05) is 12.1 Å². The molecule has 0 spiro atoms. The first-order valence-electron chi connectivity index (χ1n) is 5.85. The van der Waals surface area contributed by atoms with Crippen LogP contribution in [0.1, 0.15) is 18.9 Å². The summed E-state index contributed by atoms with van der Waals surface area (Å²) in [6.07, 6.45) is -0.322. The minimum Gasteiger partial charge on any atom is -0.301 e. The average Bonchev–Trinajstić information content (AvgIpc) is 2.42. The molecule has 1 aromatic carbocycles. The van der Waals surface area contributed by atoms with Gasteiger partial charge in [0.25, 0.3) is 11.6 Å². The van der Waals surface area contributed by atoms with Crippen molar-refractivity contribution in [3.8, 4) is 0 Å². The number of non-ortho nitro benzene ring substituents is 1. The quantitative estimate of drug-likeness (QED) is 0.294. The van der Waals surface area contributed by atoms with Crippen LogP contribution in [0.25, 0.3) is 0 Å². The fourth-order valence-corrected chi connectivity index (χ4v) is 1.93. The Morgan fingerprint density at radius 1 is 1.38 bits per heavy atom. The maximum atomic E-state index is 11.7. The molecule has 0 saturated carbocycles. The Bertz CT molecular complexity index is 648. The van der Waals surface area contributed by atoms with Gasteiger partial charge in [-0.2, -0.15) is 10.1 Å². The van der Waals surface area contributed by atoms with Crippen molar-refractivity contribution in [3.63, 3.8) is 0 Å². The van der Waals surface area contributed by atoms with Crippen LogP contribution in [-0.4, -0.2) is 32.6 Å². The van der Waals surface area contributed by atoms with Crippen LogP contribution in [-0.2, 0) is 9.59 Å². The van der Waals surface area contributed by atoms with E-state index < -0.39 is 16.7 Å². The van der Waals surface area contributed by atoms with Gasteiger partial charge in [0.1, 0.15) is 6.42 Å². The molecule has 8 nitrogen and oxygen atoms in total. The summed E-state index contributed by atoms with van der Waals surface area (Å²) in [5.74, 6) is -0.991. The number of benzene rings is 1. The summed E-state index contributed by atoms with van der Waals surface area (Å²) in [6, 6.07) is 5.72. The van der Waals surface area contributed by atoms with Gasteiger partial charge in [0.15, 0.2) is 0 Å². The lowest BCUT2D eigenvalue weighted by Crippen LogP contribution is -2.50. The summed E-state index contributed by atoms with van der Waals surface area (Å²) in [5, 5.41) is 17.8. The number of amides is 2. The molecule has 1 aliphatic rings. The van der Waals surface area contributed by atoms with E-state index >= 15 is 0 Å². The average molecular weight is 306 g/mol. The van der Waals surface area contributed by atoms with E-state index in [-0.39, 0.29) is 17.2 Å². The maximum Gasteiger partial charge on any atom is 0.269 e. The molecule has 0 atom stereocenters. The van der Waals surface area contributed by atoms with Gasteiger partial charge < -0.3 is 5.32 Å². The molecular formula is C12H10N4O4S. The number of thiocarbonyl (C=S) groups is 1. The molecule has 0 aromatic heterocycles. The number of hydrazone groups is 1. The molecule has 1 heterocycles. The van der Waals surface area contributed by atoms with E-state index in [1.165, 1.54) is 24.3 Å². The van der Waals surface area contributed by atoms with Crippen molar-refractivity contribution >= 4 is 40.5 Å². The number of hydrogen-bond acceptors (Lipinski definition) is 6. The monoisotopic (exact) mass is 306 g/mol. The second-order valence-corrected chi connectivity index (χ2v) is 4.61. The van der Waals surface area contributed by atoms with Gasteiger partial charge in [-0.25, -0.2) is 0 Å². The van der Waals surface area contributed by atoms with Crippen molar-refractivity contribution in [3.05, 3.63) is 39.9 Å². The second kappa shape index (κ2) is 5.75. The van der Waals surface area contributed by atoms with Crippen molar-refractivity contribution in [2.24, 2.45) is 5.10 Å². The van der Waals surface area contributed by atoms with E-state index in [1.807, 2.05) is 0 Å². The van der Waals surface area contributed by atoms with E-state index in [9.17, 15) is 19.7 Å². The highest BCUT2D eigenvalue weighted by molar-refractivity contribution is 7.80. The number of nitro groups is 1. The Balaban J connectivity index is 2.24. The first kappa shape index (κ1) is 14.7. The fraction of sp³-hybridized carbons (Fsp3) is 0.167. The molecule has 9 heteroatoms. The first-order valence-corrected chi connectivity index (χ1v) is 6.26. The van der Waals surface area contributed by atoms with Gasteiger partial charge in [-0.05, 0) is 36.8 Å². The third-order valence-corrected chi connectivity index (χ3v) is 3.01. The zero-order valence-corrected chi connectivity index (χ0v) is 11.7. The molecule has 1 N–H and O–H groups in total. The summed E-state index contributed by atoms with van der Waals surface area (Å²) in [7, 11) is 0. The summed E-state index contributed by atoms with van der Waals surface area (Å²) >= 11 is 4.88. The molecule has 2 rings (SSSR count). The van der Waals surface area contributed by atoms with Gasteiger partial charge in [0.05, 0.1) is 10.6 Å². The van der Waals surface area contributed by atoms with Crippen LogP contribution in [0.3, 0.4) is 0 Å². The van der Waals surface area contributed by atoms with Crippen LogP contribution >= 0.6 is 12.2 Å². The van der Waals surface area contributed by atoms with Gasteiger partial charge in [-0.3, -0.25) is 19.7 Å². The summed E-state index contributed by atoms with van der Waals surface area (Å²) in [5.41, 5.74) is 1.01. The van der Waals surface area contributed by atoms with Gasteiger partial charge >= 0.3 is 0 Å². The van der Waals surface area contributed by atoms with Gasteiger partial charge in [-0.1, -0.05) is 0 Å². The van der Waals surface area contributed by atoms with Crippen molar-refractivity contribution < 1.29 is 14.5 Å². The SMILES string of the molecule is C/C(=N\N1C(=O)CC(=O)NC1=S)c1ccc([N+](=O)[O-])cc1. The summed E-state index contributed by atoms with van der Waals surface area (Å²) in [6.45, 7) is 1.63. The Hall–Kier alpha value is -2.68. The molecule has 108 valence electrons. The second-order valence-electron chi connectivity index (χ2n) is 4.23. The van der Waals surface area contributed by atoms with Crippen LogP contribution in [0.15, 0.2) is 29.4 Å². The van der Waals surface area contributed by atoms with Crippen molar-refractivity contribution in [2.75, 3.05) is 0 Å². The Morgan fingerprint density at radius 2 is 2.00 bits per heavy atom. The number of rotatable bonds is 3. The number of carbonyl (C=O) groups is 2. The molecule has 0 radical (unpaired) electrons. The van der Waals surface area contributed by atoms with Crippen molar-refractivity contribution in [1.82, 2.24) is 10.3 Å². The Morgan fingerprint density at radius 3 is 2.52 bits per heavy atom. The summed E-state index contributed by atoms with van der Waals surface area (Å²) in [4.78, 5) is 32.9. The zero-order valence-electron chi connectivity index (χ0n) is 10.9. The van der Waals surface area contributed by atoms with Gasteiger partial charge in [-0.15, -0.1) is 0 Å². The number of carbonyl (C=O) groups excluding carboxylic acids is 2. The largest absolute Gasteiger partial charge is 0.301 e. The van der Waals surface area contributed by atoms with E-state index in [4.69, 9.17) is 12.2 Å². The topological polar surface area (TPSA) is 105 Å². The van der Waals surface area contributed by atoms with Crippen molar-refractivity contribution in [1.29, 1.82) is 0 Å². The standard InChI is InChI=1S/C12H10N4O4S/c1-7(8-2-4-9(5-3-8)16(19)20)14-15-11(18)6-10(17)13-12(15)21/h2-5H,6H2,1H3,(H,13,17,21)/b14-7+.